The molecule has 1 aromatic rings. The Hall–Kier alpha value is -1.69. The van der Waals surface area contributed by atoms with Crippen LogP contribution in [0, 0.1) is 5.92 Å². The molecule has 0 amide bonds. The van der Waals surface area contributed by atoms with Crippen molar-refractivity contribution in [2.75, 3.05) is 53.0 Å². The number of carbonyl (C=O) groups is 1. The summed E-state index contributed by atoms with van der Waals surface area (Å²) < 4.78 is 10.4. The van der Waals surface area contributed by atoms with Gasteiger partial charge in [-0.2, -0.15) is 0 Å². The van der Waals surface area contributed by atoms with E-state index >= 15 is 0 Å². The molecule has 0 saturated carbocycles. The zero-order valence-corrected chi connectivity index (χ0v) is 16.4. The maximum atomic E-state index is 11.7. The van der Waals surface area contributed by atoms with Crippen molar-refractivity contribution in [3.05, 3.63) is 42.0 Å². The summed E-state index contributed by atoms with van der Waals surface area (Å²) >= 11 is 0. The summed E-state index contributed by atoms with van der Waals surface area (Å²) in [5.41, 5.74) is 1.24. The van der Waals surface area contributed by atoms with Gasteiger partial charge in [-0.3, -0.25) is 14.6 Å². The smallest absolute Gasteiger partial charge is 0.305 e. The molecular weight excluding hydrogens is 340 g/mol. The molecule has 5 nitrogen and oxygen atoms in total. The Morgan fingerprint density at radius 1 is 1.22 bits per heavy atom. The van der Waals surface area contributed by atoms with Crippen molar-refractivity contribution < 1.29 is 14.3 Å². The third-order valence-corrected chi connectivity index (χ3v) is 5.71. The van der Waals surface area contributed by atoms with Gasteiger partial charge in [0.2, 0.25) is 0 Å². The Labute approximate surface area is 162 Å². The fourth-order valence-electron chi connectivity index (χ4n) is 4.24. The van der Waals surface area contributed by atoms with E-state index in [1.807, 2.05) is 6.07 Å². The molecule has 27 heavy (non-hydrogen) atoms. The predicted octanol–water partition coefficient (Wildman–Crippen LogP) is 2.68. The van der Waals surface area contributed by atoms with Crippen molar-refractivity contribution in [3.63, 3.8) is 0 Å². The molecule has 0 spiro atoms. The van der Waals surface area contributed by atoms with Gasteiger partial charge in [-0.1, -0.05) is 42.5 Å². The molecule has 1 aromatic carbocycles. The van der Waals surface area contributed by atoms with E-state index in [9.17, 15) is 4.79 Å². The van der Waals surface area contributed by atoms with Gasteiger partial charge in [0.15, 0.2) is 0 Å². The largest absolute Gasteiger partial charge is 0.469 e. The average molecular weight is 373 g/mol. The number of esters is 1. The molecule has 0 aromatic heterocycles. The van der Waals surface area contributed by atoms with Crippen LogP contribution in [0.5, 0.6) is 0 Å². The number of methoxy groups -OCH3 is 1. The second kappa shape index (κ2) is 10.6. The Morgan fingerprint density at radius 3 is 2.74 bits per heavy atom. The van der Waals surface area contributed by atoms with E-state index in [-0.39, 0.29) is 5.97 Å². The van der Waals surface area contributed by atoms with Crippen LogP contribution in [-0.4, -0.2) is 74.9 Å². The first-order chi connectivity index (χ1) is 13.3. The summed E-state index contributed by atoms with van der Waals surface area (Å²) in [6, 6.07) is 11.0. The van der Waals surface area contributed by atoms with Crippen molar-refractivity contribution >= 4 is 12.0 Å². The van der Waals surface area contributed by atoms with E-state index in [1.165, 1.54) is 12.7 Å². The lowest BCUT2D eigenvalue weighted by Crippen LogP contribution is -2.54. The number of hydrogen-bond donors (Lipinski definition) is 0. The highest BCUT2D eigenvalue weighted by Gasteiger charge is 2.33. The molecule has 2 aliphatic heterocycles. The number of hydrogen-bond acceptors (Lipinski definition) is 5. The van der Waals surface area contributed by atoms with Crippen LogP contribution in [0.4, 0.5) is 0 Å². The molecule has 148 valence electrons. The van der Waals surface area contributed by atoms with Crippen molar-refractivity contribution in [3.8, 4) is 0 Å². The molecular formula is C22H32N2O3. The van der Waals surface area contributed by atoms with Gasteiger partial charge in [-0.15, -0.1) is 0 Å². The number of piperidine rings is 1. The van der Waals surface area contributed by atoms with Gasteiger partial charge >= 0.3 is 5.97 Å². The first-order valence-electron chi connectivity index (χ1n) is 10.1. The molecule has 0 aliphatic carbocycles. The zero-order chi connectivity index (χ0) is 18.9. The Bertz CT molecular complexity index is 599. The molecule has 2 heterocycles. The summed E-state index contributed by atoms with van der Waals surface area (Å²) in [7, 11) is 1.48. The molecule has 2 atom stereocenters. The normalized spacial score (nSPS) is 24.9. The highest BCUT2D eigenvalue weighted by atomic mass is 16.5. The minimum absolute atomic E-state index is 0.100. The molecule has 3 rings (SSSR count). The summed E-state index contributed by atoms with van der Waals surface area (Å²) in [4.78, 5) is 16.8. The highest BCUT2D eigenvalue weighted by Crippen LogP contribution is 2.27. The van der Waals surface area contributed by atoms with Crippen LogP contribution < -0.4 is 0 Å². The van der Waals surface area contributed by atoms with Gasteiger partial charge in [0, 0.05) is 38.6 Å². The van der Waals surface area contributed by atoms with Gasteiger partial charge in [0.05, 0.1) is 20.3 Å². The van der Waals surface area contributed by atoms with Crippen molar-refractivity contribution in [1.82, 2.24) is 9.80 Å². The molecule has 2 fully saturated rings. The monoisotopic (exact) mass is 372 g/mol. The first-order valence-corrected chi connectivity index (χ1v) is 10.1. The number of carbonyl (C=O) groups excluding carboxylic acids is 1. The lowest BCUT2D eigenvalue weighted by Gasteiger charge is -2.45. The van der Waals surface area contributed by atoms with E-state index < -0.39 is 0 Å². The third-order valence-electron chi connectivity index (χ3n) is 5.71. The van der Waals surface area contributed by atoms with E-state index in [0.717, 1.165) is 58.8 Å². The van der Waals surface area contributed by atoms with E-state index in [2.05, 4.69) is 46.2 Å². The molecule has 2 aliphatic rings. The van der Waals surface area contributed by atoms with E-state index in [1.54, 1.807) is 0 Å². The van der Waals surface area contributed by atoms with Crippen LogP contribution in [0.25, 0.3) is 6.08 Å². The minimum atomic E-state index is -0.100. The lowest BCUT2D eigenvalue weighted by atomic mass is 9.86. The van der Waals surface area contributed by atoms with Gasteiger partial charge in [0.1, 0.15) is 0 Å². The molecule has 2 saturated heterocycles. The molecule has 0 N–H and O–H groups in total. The molecule has 5 heteroatoms. The van der Waals surface area contributed by atoms with Gasteiger partial charge in [0.25, 0.3) is 0 Å². The van der Waals surface area contributed by atoms with Crippen molar-refractivity contribution in [2.24, 2.45) is 5.92 Å². The first kappa shape index (κ1) is 20.1. The minimum Gasteiger partial charge on any atom is -0.469 e. The number of likely N-dealkylation sites (tertiary alicyclic amines) is 1. The summed E-state index contributed by atoms with van der Waals surface area (Å²) in [5, 5.41) is 0. The summed E-state index contributed by atoms with van der Waals surface area (Å²) in [6.07, 6.45) is 7.01. The Morgan fingerprint density at radius 2 is 2.00 bits per heavy atom. The highest BCUT2D eigenvalue weighted by molar-refractivity contribution is 5.69. The number of morpholine rings is 1. The van der Waals surface area contributed by atoms with Crippen LogP contribution in [-0.2, 0) is 14.3 Å². The van der Waals surface area contributed by atoms with E-state index in [4.69, 9.17) is 9.47 Å². The standard InChI is InChI=1S/C22H32N2O3/c1-26-22(25)10-9-20-18-23(12-5-8-19-6-3-2-4-7-19)13-11-21(20)24-14-16-27-17-15-24/h2-8,20-21H,9-18H2,1H3/t20-,21+/m0/s1. The van der Waals surface area contributed by atoms with Gasteiger partial charge < -0.3 is 9.47 Å². The van der Waals surface area contributed by atoms with Crippen LogP contribution in [0.2, 0.25) is 0 Å². The number of benzene rings is 1. The van der Waals surface area contributed by atoms with E-state index in [0.29, 0.717) is 18.4 Å². The van der Waals surface area contributed by atoms with Gasteiger partial charge in [-0.25, -0.2) is 0 Å². The SMILES string of the molecule is COC(=O)CC[C@H]1CN(CC=Cc2ccccc2)CC[C@H]1N1CCOCC1. The maximum absolute atomic E-state index is 11.7. The van der Waals surface area contributed by atoms with Crippen molar-refractivity contribution in [1.29, 1.82) is 0 Å². The Kier molecular flexibility index (Phi) is 7.87. The second-order valence-electron chi connectivity index (χ2n) is 7.45. The summed E-state index contributed by atoms with van der Waals surface area (Å²) in [5.74, 6) is 0.401. The maximum Gasteiger partial charge on any atom is 0.305 e. The van der Waals surface area contributed by atoms with Crippen LogP contribution in [0.1, 0.15) is 24.8 Å². The fraction of sp³-hybridized carbons (Fsp3) is 0.591. The van der Waals surface area contributed by atoms with Crippen LogP contribution in [0.3, 0.4) is 0 Å². The predicted molar refractivity (Wildman–Crippen MR) is 107 cm³/mol. The zero-order valence-electron chi connectivity index (χ0n) is 16.4. The van der Waals surface area contributed by atoms with Crippen LogP contribution in [0.15, 0.2) is 36.4 Å². The average Bonchev–Trinajstić information content (AvgIpc) is 2.73. The van der Waals surface area contributed by atoms with Crippen molar-refractivity contribution in [2.45, 2.75) is 25.3 Å². The molecule has 0 unspecified atom stereocenters. The van der Waals surface area contributed by atoms with Crippen LogP contribution >= 0.6 is 0 Å². The topological polar surface area (TPSA) is 42.0 Å². The molecule has 0 bridgehead atoms. The quantitative estimate of drug-likeness (QED) is 0.689. The lowest BCUT2D eigenvalue weighted by molar-refractivity contribution is -0.141. The summed E-state index contributed by atoms with van der Waals surface area (Å²) in [6.45, 7) is 6.77. The second-order valence-corrected chi connectivity index (χ2v) is 7.45. The molecule has 0 radical (unpaired) electrons. The van der Waals surface area contributed by atoms with Gasteiger partial charge in [-0.05, 0) is 30.9 Å². The number of ether oxygens (including phenoxy) is 2. The Balaban J connectivity index is 1.56. The fourth-order valence-corrected chi connectivity index (χ4v) is 4.24. The third kappa shape index (κ3) is 6.16. The number of nitrogens with zero attached hydrogens (tertiary/aromatic N) is 2. The number of rotatable bonds is 7.